The Balaban J connectivity index is 2.21. The number of carbonyl (C=O) groups excluding carboxylic acids is 3. The Bertz CT molecular complexity index is 644. The minimum Gasteiger partial charge on any atom is -0.463 e. The molecule has 1 saturated heterocycles. The fourth-order valence-corrected chi connectivity index (χ4v) is 5.71. The Labute approximate surface area is 175 Å². The second-order valence-electron chi connectivity index (χ2n) is 8.42. The summed E-state index contributed by atoms with van der Waals surface area (Å²) in [5.74, 6) is -2.25. The Morgan fingerprint density at radius 2 is 1.89 bits per heavy atom. The summed E-state index contributed by atoms with van der Waals surface area (Å²) in [6.45, 7) is 9.48. The topological polar surface area (TPSA) is 78.9 Å². The van der Waals surface area contributed by atoms with Crippen LogP contribution in [0.15, 0.2) is 0 Å². The number of ketones is 1. The van der Waals surface area contributed by atoms with Gasteiger partial charge in [-0.1, -0.05) is 41.7 Å². The van der Waals surface area contributed by atoms with Gasteiger partial charge >= 0.3 is 11.9 Å². The summed E-state index contributed by atoms with van der Waals surface area (Å²) in [4.78, 5) is 37.2. The molecule has 0 amide bonds. The number of esters is 2. The van der Waals surface area contributed by atoms with Gasteiger partial charge in [0, 0.05) is 6.42 Å². The van der Waals surface area contributed by atoms with E-state index >= 15 is 0 Å². The second kappa shape index (κ2) is 7.48. The summed E-state index contributed by atoms with van der Waals surface area (Å²) in [7, 11) is -2.19. The molecule has 0 aromatic heterocycles. The quantitative estimate of drug-likeness (QED) is 0.260. The maximum atomic E-state index is 13.0. The van der Waals surface area contributed by atoms with Gasteiger partial charge in [-0.2, -0.15) is 0 Å². The summed E-state index contributed by atoms with van der Waals surface area (Å²) in [6.07, 6.45) is 0.884. The zero-order valence-corrected chi connectivity index (χ0v) is 19.3. The van der Waals surface area contributed by atoms with Crippen molar-refractivity contribution >= 4 is 60.8 Å². The number of halogens is 3. The smallest absolute Gasteiger partial charge is 0.358 e. The first-order valence-electron chi connectivity index (χ1n) is 8.84. The Morgan fingerprint density at radius 3 is 2.41 bits per heavy atom. The van der Waals surface area contributed by atoms with Gasteiger partial charge < -0.3 is 13.9 Å². The molecule has 1 heterocycles. The monoisotopic (exact) mass is 458 g/mol. The van der Waals surface area contributed by atoms with E-state index in [0.717, 1.165) is 0 Å². The Hall–Kier alpha value is -0.343. The van der Waals surface area contributed by atoms with E-state index in [4.69, 9.17) is 48.7 Å². The highest BCUT2D eigenvalue weighted by molar-refractivity contribution is 6.75. The Morgan fingerprint density at radius 1 is 1.30 bits per heavy atom. The summed E-state index contributed by atoms with van der Waals surface area (Å²) in [6, 6.07) is 0. The lowest BCUT2D eigenvalue weighted by molar-refractivity contribution is -0.162. The number of ether oxygens (including phenoxy) is 2. The van der Waals surface area contributed by atoms with E-state index in [1.807, 2.05) is 26.6 Å². The molecule has 0 aromatic rings. The second-order valence-corrected chi connectivity index (χ2v) is 15.1. The molecule has 1 aliphatic carbocycles. The zero-order chi connectivity index (χ0) is 20.8. The van der Waals surface area contributed by atoms with E-state index in [9.17, 15) is 14.4 Å². The predicted molar refractivity (Wildman–Crippen MR) is 104 cm³/mol. The SMILES string of the molecule is C[C@H]1CC(=O)[C@]2(O[Si](C)(C)C)[C@H]1C(=O)O[C@]2(C)CCCOC(=O)C(Cl)(Cl)Cl. The lowest BCUT2D eigenvalue weighted by Gasteiger charge is -2.43. The molecule has 27 heavy (non-hydrogen) atoms. The number of Topliss-reactive ketones (excluding diaryl/α,β-unsaturated/α-hetero) is 1. The van der Waals surface area contributed by atoms with Crippen molar-refractivity contribution < 1.29 is 28.3 Å². The first-order valence-corrected chi connectivity index (χ1v) is 13.4. The molecule has 1 aliphatic heterocycles. The van der Waals surface area contributed by atoms with Crippen LogP contribution in [0.25, 0.3) is 0 Å². The lowest BCUT2D eigenvalue weighted by Crippen LogP contribution is -2.61. The van der Waals surface area contributed by atoms with Crippen LogP contribution in [0.2, 0.25) is 19.6 Å². The third-order valence-electron chi connectivity index (χ3n) is 5.02. The third kappa shape index (κ3) is 4.32. The van der Waals surface area contributed by atoms with Gasteiger partial charge in [-0.3, -0.25) is 9.59 Å². The number of hydrogen-bond acceptors (Lipinski definition) is 6. The van der Waals surface area contributed by atoms with Gasteiger partial charge in [-0.05, 0) is 45.3 Å². The highest BCUT2D eigenvalue weighted by Crippen LogP contribution is 2.56. The summed E-state index contributed by atoms with van der Waals surface area (Å²) in [5.41, 5.74) is -2.43. The highest BCUT2D eigenvalue weighted by Gasteiger charge is 2.73. The number of fused-ring (bicyclic) bond motifs is 1. The average Bonchev–Trinajstić information content (AvgIpc) is 2.84. The molecule has 2 rings (SSSR count). The van der Waals surface area contributed by atoms with E-state index in [-0.39, 0.29) is 31.1 Å². The van der Waals surface area contributed by atoms with Crippen molar-refractivity contribution in [2.45, 2.75) is 67.7 Å². The van der Waals surface area contributed by atoms with Crippen LogP contribution in [0, 0.1) is 11.8 Å². The van der Waals surface area contributed by atoms with E-state index in [1.54, 1.807) is 6.92 Å². The molecule has 154 valence electrons. The highest BCUT2D eigenvalue weighted by atomic mass is 35.6. The summed E-state index contributed by atoms with van der Waals surface area (Å²) in [5, 5.41) is 0. The van der Waals surface area contributed by atoms with Crippen LogP contribution in [0.4, 0.5) is 0 Å². The molecule has 2 fully saturated rings. The van der Waals surface area contributed by atoms with Crippen molar-refractivity contribution in [3.63, 3.8) is 0 Å². The van der Waals surface area contributed by atoms with Gasteiger partial charge in [-0.15, -0.1) is 0 Å². The van der Waals surface area contributed by atoms with Crippen LogP contribution in [-0.4, -0.2) is 47.6 Å². The first-order chi connectivity index (χ1) is 12.1. The number of hydrogen-bond donors (Lipinski definition) is 0. The molecule has 10 heteroatoms. The van der Waals surface area contributed by atoms with Crippen molar-refractivity contribution in [2.24, 2.45) is 11.8 Å². The molecule has 0 N–H and O–H groups in total. The molecule has 0 spiro atoms. The standard InChI is InChI=1S/C17H25Cl3O6Si/c1-10-9-11(21)16(26-27(3,4)5)12(10)13(22)25-15(16,2)7-6-8-24-14(23)17(18,19)20/h10,12H,6-9H2,1-5H3/t10-,12+,15+,16-/m0/s1. The summed E-state index contributed by atoms with van der Waals surface area (Å²) >= 11 is 16.4. The van der Waals surface area contributed by atoms with Gasteiger partial charge in [0.1, 0.15) is 5.60 Å². The first kappa shape index (κ1) is 22.9. The van der Waals surface area contributed by atoms with Gasteiger partial charge in [0.2, 0.25) is 0 Å². The lowest BCUT2D eigenvalue weighted by atomic mass is 9.75. The molecule has 0 aromatic carbocycles. The number of alkyl halides is 3. The fraction of sp³-hybridized carbons (Fsp3) is 0.824. The molecule has 4 atom stereocenters. The molecule has 2 aliphatic rings. The minimum atomic E-state index is -2.19. The number of rotatable bonds is 6. The van der Waals surface area contributed by atoms with Crippen molar-refractivity contribution in [2.75, 3.05) is 6.61 Å². The number of carbonyl (C=O) groups is 3. The van der Waals surface area contributed by atoms with Crippen molar-refractivity contribution in [1.29, 1.82) is 0 Å². The molecule has 6 nitrogen and oxygen atoms in total. The molecule has 0 unspecified atom stereocenters. The molecule has 0 radical (unpaired) electrons. The maximum Gasteiger partial charge on any atom is 0.358 e. The van der Waals surface area contributed by atoms with Crippen LogP contribution in [0.1, 0.15) is 33.1 Å². The van der Waals surface area contributed by atoms with Crippen molar-refractivity contribution in [3.8, 4) is 0 Å². The Kier molecular flexibility index (Phi) is 6.36. The van der Waals surface area contributed by atoms with Gasteiger partial charge in [-0.25, -0.2) is 4.79 Å². The van der Waals surface area contributed by atoms with Crippen LogP contribution >= 0.6 is 34.8 Å². The number of cyclic esters (lactones) is 1. The molecule has 1 saturated carbocycles. The molecular formula is C17H25Cl3O6Si. The van der Waals surface area contributed by atoms with Crippen molar-refractivity contribution in [3.05, 3.63) is 0 Å². The van der Waals surface area contributed by atoms with E-state index < -0.39 is 41.2 Å². The van der Waals surface area contributed by atoms with Gasteiger partial charge in [0.05, 0.1) is 12.5 Å². The van der Waals surface area contributed by atoms with E-state index in [2.05, 4.69) is 0 Å². The van der Waals surface area contributed by atoms with Gasteiger partial charge in [0.15, 0.2) is 19.7 Å². The van der Waals surface area contributed by atoms with Gasteiger partial charge in [0.25, 0.3) is 3.79 Å². The largest absolute Gasteiger partial charge is 0.463 e. The van der Waals surface area contributed by atoms with Crippen molar-refractivity contribution in [1.82, 2.24) is 0 Å². The summed E-state index contributed by atoms with van der Waals surface area (Å²) < 4.78 is 14.9. The van der Waals surface area contributed by atoms with Crippen LogP contribution in [-0.2, 0) is 28.3 Å². The van der Waals surface area contributed by atoms with Crippen LogP contribution in [0.5, 0.6) is 0 Å². The average molecular weight is 460 g/mol. The van der Waals surface area contributed by atoms with E-state index in [0.29, 0.717) is 6.42 Å². The van der Waals surface area contributed by atoms with Crippen LogP contribution < -0.4 is 0 Å². The van der Waals surface area contributed by atoms with E-state index in [1.165, 1.54) is 0 Å². The third-order valence-corrected chi connectivity index (χ3v) is 6.42. The minimum absolute atomic E-state index is 0.0304. The molecular weight excluding hydrogens is 435 g/mol. The van der Waals surface area contributed by atoms with Crippen LogP contribution in [0.3, 0.4) is 0 Å². The normalized spacial score (nSPS) is 33.8. The maximum absolute atomic E-state index is 13.0. The predicted octanol–water partition coefficient (Wildman–Crippen LogP) is 3.81. The fourth-order valence-electron chi connectivity index (χ4n) is 4.12. The molecule has 0 bridgehead atoms. The zero-order valence-electron chi connectivity index (χ0n) is 16.1.